The molecule has 1 aliphatic heterocycles. The van der Waals surface area contributed by atoms with Gasteiger partial charge < -0.3 is 10.2 Å². The van der Waals surface area contributed by atoms with Gasteiger partial charge in [-0.25, -0.2) is 0 Å². The molecule has 0 bridgehead atoms. The van der Waals surface area contributed by atoms with Crippen LogP contribution in [0.4, 0.5) is 0 Å². The highest BCUT2D eigenvalue weighted by Crippen LogP contribution is 2.15. The first-order valence-corrected chi connectivity index (χ1v) is 5.70. The summed E-state index contributed by atoms with van der Waals surface area (Å²) < 4.78 is 0. The third-order valence-electron chi connectivity index (χ3n) is 2.49. The zero-order valence-electron chi connectivity index (χ0n) is 8.40. The Morgan fingerprint density at radius 3 is 3.13 bits per heavy atom. The van der Waals surface area contributed by atoms with Crippen molar-refractivity contribution in [2.24, 2.45) is 0 Å². The van der Waals surface area contributed by atoms with Crippen LogP contribution >= 0.6 is 11.3 Å². The van der Waals surface area contributed by atoms with Crippen LogP contribution in [0.3, 0.4) is 0 Å². The zero-order valence-corrected chi connectivity index (χ0v) is 9.21. The largest absolute Gasteiger partial charge is 0.353 e. The number of carbonyl (C=O) groups excluding carboxylic acids is 2. The molecule has 2 amide bonds. The topological polar surface area (TPSA) is 49.4 Å². The van der Waals surface area contributed by atoms with E-state index in [1.807, 2.05) is 11.4 Å². The van der Waals surface area contributed by atoms with E-state index in [1.54, 1.807) is 17.9 Å². The zero-order chi connectivity index (χ0) is 10.8. The molecule has 2 rings (SSSR count). The lowest BCUT2D eigenvalue weighted by atomic mass is 10.2. The minimum Gasteiger partial charge on any atom is -0.353 e. The maximum absolute atomic E-state index is 12.0. The van der Waals surface area contributed by atoms with Crippen molar-refractivity contribution in [3.63, 3.8) is 0 Å². The van der Waals surface area contributed by atoms with Crippen LogP contribution in [0.25, 0.3) is 0 Å². The van der Waals surface area contributed by atoms with Crippen LogP contribution in [-0.2, 0) is 4.79 Å². The van der Waals surface area contributed by atoms with Gasteiger partial charge in [-0.2, -0.15) is 0 Å². The molecule has 2 heterocycles. The highest BCUT2D eigenvalue weighted by Gasteiger charge is 2.29. The van der Waals surface area contributed by atoms with Gasteiger partial charge in [-0.1, -0.05) is 6.07 Å². The van der Waals surface area contributed by atoms with Crippen LogP contribution in [-0.4, -0.2) is 35.8 Å². The SMILES string of the molecule is C[C@H]1C(=O)NCCN1C(=O)c1cccs1. The Bertz CT molecular complexity index is 375. The lowest BCUT2D eigenvalue weighted by Gasteiger charge is -2.32. The number of carbonyl (C=O) groups is 2. The Hall–Kier alpha value is -1.36. The van der Waals surface area contributed by atoms with E-state index >= 15 is 0 Å². The molecule has 1 N–H and O–H groups in total. The molecule has 1 aliphatic rings. The Kier molecular flexibility index (Phi) is 2.73. The first kappa shape index (κ1) is 10.2. The van der Waals surface area contributed by atoms with E-state index in [9.17, 15) is 9.59 Å². The lowest BCUT2D eigenvalue weighted by molar-refractivity contribution is -0.127. The normalized spacial score (nSPS) is 21.3. The Morgan fingerprint density at radius 2 is 2.47 bits per heavy atom. The molecule has 1 atom stereocenters. The van der Waals surface area contributed by atoms with Crippen molar-refractivity contribution in [2.75, 3.05) is 13.1 Å². The van der Waals surface area contributed by atoms with Crippen molar-refractivity contribution in [3.05, 3.63) is 22.4 Å². The van der Waals surface area contributed by atoms with Crippen molar-refractivity contribution in [3.8, 4) is 0 Å². The highest BCUT2D eigenvalue weighted by atomic mass is 32.1. The Morgan fingerprint density at radius 1 is 1.67 bits per heavy atom. The number of hydrogen-bond acceptors (Lipinski definition) is 3. The molecule has 1 fully saturated rings. The molecule has 4 nitrogen and oxygen atoms in total. The second kappa shape index (κ2) is 4.02. The third kappa shape index (κ3) is 1.87. The maximum Gasteiger partial charge on any atom is 0.264 e. The summed E-state index contributed by atoms with van der Waals surface area (Å²) >= 11 is 1.41. The fraction of sp³-hybridized carbons (Fsp3) is 0.400. The van der Waals surface area contributed by atoms with Gasteiger partial charge in [0.1, 0.15) is 6.04 Å². The molecule has 80 valence electrons. The van der Waals surface area contributed by atoms with E-state index in [-0.39, 0.29) is 17.9 Å². The summed E-state index contributed by atoms with van der Waals surface area (Å²) in [6.45, 7) is 2.88. The first-order chi connectivity index (χ1) is 7.20. The molecule has 0 spiro atoms. The van der Waals surface area contributed by atoms with E-state index in [1.165, 1.54) is 11.3 Å². The molecule has 0 aliphatic carbocycles. The van der Waals surface area contributed by atoms with Crippen molar-refractivity contribution < 1.29 is 9.59 Å². The van der Waals surface area contributed by atoms with Gasteiger partial charge in [0.05, 0.1) is 4.88 Å². The number of nitrogens with zero attached hydrogens (tertiary/aromatic N) is 1. The number of piperazine rings is 1. The Labute approximate surface area is 91.9 Å². The molecule has 0 unspecified atom stereocenters. The predicted octanol–water partition coefficient (Wildman–Crippen LogP) is 0.709. The molecule has 1 saturated heterocycles. The van der Waals surface area contributed by atoms with E-state index < -0.39 is 0 Å². The van der Waals surface area contributed by atoms with E-state index in [0.717, 1.165) is 0 Å². The first-order valence-electron chi connectivity index (χ1n) is 4.82. The summed E-state index contributed by atoms with van der Waals surface area (Å²) in [4.78, 5) is 25.7. The number of thiophene rings is 1. The second-order valence-corrected chi connectivity index (χ2v) is 4.39. The van der Waals surface area contributed by atoms with E-state index in [4.69, 9.17) is 0 Å². The van der Waals surface area contributed by atoms with Gasteiger partial charge >= 0.3 is 0 Å². The summed E-state index contributed by atoms with van der Waals surface area (Å²) in [5.74, 6) is -0.126. The van der Waals surface area contributed by atoms with Crippen LogP contribution in [0.5, 0.6) is 0 Å². The van der Waals surface area contributed by atoms with Crippen molar-refractivity contribution in [2.45, 2.75) is 13.0 Å². The summed E-state index contributed by atoms with van der Waals surface area (Å²) in [7, 11) is 0. The quantitative estimate of drug-likeness (QED) is 0.763. The van der Waals surface area contributed by atoms with Crippen molar-refractivity contribution in [1.29, 1.82) is 0 Å². The molecule has 0 aromatic carbocycles. The third-order valence-corrected chi connectivity index (χ3v) is 3.35. The second-order valence-electron chi connectivity index (χ2n) is 3.44. The van der Waals surface area contributed by atoms with Gasteiger partial charge in [-0.3, -0.25) is 9.59 Å². The maximum atomic E-state index is 12.0. The monoisotopic (exact) mass is 224 g/mol. The van der Waals surface area contributed by atoms with Gasteiger partial charge in [-0.15, -0.1) is 11.3 Å². The minimum absolute atomic E-state index is 0.0487. The summed E-state index contributed by atoms with van der Waals surface area (Å²) in [5.41, 5.74) is 0. The average Bonchev–Trinajstić information content (AvgIpc) is 2.74. The van der Waals surface area contributed by atoms with Crippen molar-refractivity contribution >= 4 is 23.2 Å². The smallest absolute Gasteiger partial charge is 0.264 e. The fourth-order valence-electron chi connectivity index (χ4n) is 1.60. The van der Waals surface area contributed by atoms with Crippen LogP contribution < -0.4 is 5.32 Å². The Balaban J connectivity index is 2.16. The van der Waals surface area contributed by atoms with Crippen LogP contribution in [0, 0.1) is 0 Å². The molecule has 0 radical (unpaired) electrons. The molecular formula is C10H12N2O2S. The van der Waals surface area contributed by atoms with Crippen LogP contribution in [0.15, 0.2) is 17.5 Å². The minimum atomic E-state index is -0.367. The standard InChI is InChI=1S/C10H12N2O2S/c1-7-9(13)11-4-5-12(7)10(14)8-3-2-6-15-8/h2-3,6-7H,4-5H2,1H3,(H,11,13)/t7-/m0/s1. The highest BCUT2D eigenvalue weighted by molar-refractivity contribution is 7.12. The van der Waals surface area contributed by atoms with Gasteiger partial charge in [0.2, 0.25) is 5.91 Å². The summed E-state index contributed by atoms with van der Waals surface area (Å²) in [6.07, 6.45) is 0. The number of hydrogen-bond donors (Lipinski definition) is 1. The van der Waals surface area contributed by atoms with Crippen LogP contribution in [0.1, 0.15) is 16.6 Å². The molecule has 1 aromatic heterocycles. The van der Waals surface area contributed by atoms with E-state index in [0.29, 0.717) is 18.0 Å². The molecule has 5 heteroatoms. The fourth-order valence-corrected chi connectivity index (χ4v) is 2.28. The number of nitrogens with one attached hydrogen (secondary N) is 1. The number of amides is 2. The predicted molar refractivity (Wildman–Crippen MR) is 57.8 cm³/mol. The van der Waals surface area contributed by atoms with Gasteiger partial charge in [0.25, 0.3) is 5.91 Å². The van der Waals surface area contributed by atoms with Crippen LogP contribution in [0.2, 0.25) is 0 Å². The molecular weight excluding hydrogens is 212 g/mol. The molecule has 1 aromatic rings. The van der Waals surface area contributed by atoms with E-state index in [2.05, 4.69) is 5.32 Å². The van der Waals surface area contributed by atoms with Gasteiger partial charge in [0, 0.05) is 13.1 Å². The average molecular weight is 224 g/mol. The van der Waals surface area contributed by atoms with Crippen molar-refractivity contribution in [1.82, 2.24) is 10.2 Å². The lowest BCUT2D eigenvalue weighted by Crippen LogP contribution is -2.55. The summed E-state index contributed by atoms with van der Waals surface area (Å²) in [5, 5.41) is 4.60. The summed E-state index contributed by atoms with van der Waals surface area (Å²) in [6, 6.07) is 3.26. The van der Waals surface area contributed by atoms with Gasteiger partial charge in [0.15, 0.2) is 0 Å². The van der Waals surface area contributed by atoms with Gasteiger partial charge in [-0.05, 0) is 18.4 Å². The molecule has 0 saturated carbocycles. The molecule has 15 heavy (non-hydrogen) atoms. The number of rotatable bonds is 1.